The van der Waals surface area contributed by atoms with Crippen molar-refractivity contribution in [2.45, 2.75) is 33.6 Å². The summed E-state index contributed by atoms with van der Waals surface area (Å²) >= 11 is 1.45. The molecule has 150 valence electrons. The largest absolute Gasteiger partial charge is 0.372 e. The van der Waals surface area contributed by atoms with Crippen molar-refractivity contribution in [2.75, 3.05) is 25.0 Å². The zero-order chi connectivity index (χ0) is 20.5. The number of likely N-dealkylation sites (N-methyl/N-ethyl adjacent to an activating group) is 1. The molecule has 2 aliphatic rings. The number of anilines is 1. The highest BCUT2D eigenvalue weighted by Gasteiger charge is 2.30. The van der Waals surface area contributed by atoms with E-state index in [4.69, 9.17) is 4.99 Å². The van der Waals surface area contributed by atoms with Crippen LogP contribution in [-0.4, -0.2) is 36.1 Å². The van der Waals surface area contributed by atoms with E-state index in [0.717, 1.165) is 45.5 Å². The summed E-state index contributed by atoms with van der Waals surface area (Å²) in [6.45, 7) is 8.49. The minimum absolute atomic E-state index is 0.00278. The first kappa shape index (κ1) is 19.8. The summed E-state index contributed by atoms with van der Waals surface area (Å²) in [6, 6.07) is 12.7. The van der Waals surface area contributed by atoms with Crippen LogP contribution in [0, 0.1) is 20.8 Å². The SMILES string of the molecule is Cc1cc(N2CCCC2)ccc1/C=C1\SC(=Nc2c(C)cccc2C)N(C)C1=O. The molecule has 0 N–H and O–H groups in total. The Bertz CT molecular complexity index is 999. The maximum atomic E-state index is 12.8. The van der Waals surface area contributed by atoms with Crippen LogP contribution in [0.4, 0.5) is 11.4 Å². The predicted molar refractivity (Wildman–Crippen MR) is 124 cm³/mol. The molecule has 0 radical (unpaired) electrons. The van der Waals surface area contributed by atoms with Crippen LogP contribution in [0.3, 0.4) is 0 Å². The zero-order valence-corrected chi connectivity index (χ0v) is 18.3. The molecule has 2 aliphatic heterocycles. The topological polar surface area (TPSA) is 35.9 Å². The number of carbonyl (C=O) groups excluding carboxylic acids is 1. The number of rotatable bonds is 3. The van der Waals surface area contributed by atoms with Crippen molar-refractivity contribution in [2.24, 2.45) is 4.99 Å². The standard InChI is InChI=1S/C24H27N3OS/c1-16-8-7-9-17(2)22(16)25-24-26(4)23(28)21(29-24)15-19-10-11-20(14-18(19)3)27-12-5-6-13-27/h7-11,14-15H,5-6,12-13H2,1-4H3/b21-15-,25-24?. The van der Waals surface area contributed by atoms with Gasteiger partial charge in [0.2, 0.25) is 0 Å². The Hall–Kier alpha value is -2.53. The molecule has 0 bridgehead atoms. The molecule has 2 aromatic rings. The molecule has 0 spiro atoms. The quantitative estimate of drug-likeness (QED) is 0.638. The summed E-state index contributed by atoms with van der Waals surface area (Å²) in [5.41, 5.74) is 6.74. The van der Waals surface area contributed by atoms with Gasteiger partial charge in [0, 0.05) is 25.8 Å². The second-order valence-corrected chi connectivity index (χ2v) is 8.85. The summed E-state index contributed by atoms with van der Waals surface area (Å²) in [4.78, 5) is 22.4. The monoisotopic (exact) mass is 405 g/mol. The average Bonchev–Trinajstić information content (AvgIpc) is 3.32. The van der Waals surface area contributed by atoms with Gasteiger partial charge in [0.25, 0.3) is 5.91 Å². The molecule has 0 atom stereocenters. The Morgan fingerprint density at radius 1 is 1.00 bits per heavy atom. The van der Waals surface area contributed by atoms with Crippen LogP contribution in [0.1, 0.15) is 35.1 Å². The van der Waals surface area contributed by atoms with Crippen molar-refractivity contribution >= 4 is 40.3 Å². The van der Waals surface area contributed by atoms with Gasteiger partial charge in [-0.15, -0.1) is 0 Å². The molecule has 0 aromatic heterocycles. The number of nitrogens with zero attached hydrogens (tertiary/aromatic N) is 3. The van der Waals surface area contributed by atoms with Crippen LogP contribution >= 0.6 is 11.8 Å². The fraction of sp³-hybridized carbons (Fsp3) is 0.333. The van der Waals surface area contributed by atoms with Crippen molar-refractivity contribution in [3.8, 4) is 0 Å². The smallest absolute Gasteiger partial charge is 0.266 e. The van der Waals surface area contributed by atoms with Gasteiger partial charge in [-0.3, -0.25) is 9.69 Å². The van der Waals surface area contributed by atoms with E-state index >= 15 is 0 Å². The highest BCUT2D eigenvalue weighted by molar-refractivity contribution is 8.18. The normalized spacial score (nSPS) is 19.8. The summed E-state index contributed by atoms with van der Waals surface area (Å²) in [7, 11) is 1.80. The molecule has 29 heavy (non-hydrogen) atoms. The van der Waals surface area contributed by atoms with E-state index in [1.807, 2.05) is 12.1 Å². The zero-order valence-electron chi connectivity index (χ0n) is 17.5. The lowest BCUT2D eigenvalue weighted by molar-refractivity contribution is -0.121. The lowest BCUT2D eigenvalue weighted by atomic mass is 10.1. The van der Waals surface area contributed by atoms with Gasteiger partial charge >= 0.3 is 0 Å². The first-order valence-electron chi connectivity index (χ1n) is 10.1. The van der Waals surface area contributed by atoms with Gasteiger partial charge in [0.1, 0.15) is 0 Å². The van der Waals surface area contributed by atoms with Gasteiger partial charge in [0.05, 0.1) is 10.6 Å². The summed E-state index contributed by atoms with van der Waals surface area (Å²) in [5, 5.41) is 0.727. The van der Waals surface area contributed by atoms with Gasteiger partial charge in [-0.25, -0.2) is 4.99 Å². The molecule has 2 aromatic carbocycles. The van der Waals surface area contributed by atoms with Gasteiger partial charge in [0.15, 0.2) is 5.17 Å². The van der Waals surface area contributed by atoms with Gasteiger partial charge < -0.3 is 4.90 Å². The van der Waals surface area contributed by atoms with Crippen LogP contribution in [0.15, 0.2) is 46.3 Å². The molecule has 5 heteroatoms. The third-order valence-corrected chi connectivity index (χ3v) is 6.72. The van der Waals surface area contributed by atoms with E-state index in [0.29, 0.717) is 0 Å². The van der Waals surface area contributed by atoms with Crippen LogP contribution in [0.25, 0.3) is 6.08 Å². The number of thioether (sulfide) groups is 1. The Morgan fingerprint density at radius 3 is 2.34 bits per heavy atom. The second kappa shape index (κ2) is 8.07. The molecule has 0 saturated carbocycles. The Labute approximate surface area is 177 Å². The van der Waals surface area contributed by atoms with E-state index in [1.54, 1.807) is 11.9 Å². The predicted octanol–water partition coefficient (Wildman–Crippen LogP) is 5.45. The minimum atomic E-state index is 0.00278. The molecule has 0 aliphatic carbocycles. The number of benzene rings is 2. The van der Waals surface area contributed by atoms with Crippen molar-refractivity contribution in [3.63, 3.8) is 0 Å². The Morgan fingerprint density at radius 2 is 1.69 bits per heavy atom. The van der Waals surface area contributed by atoms with Crippen molar-refractivity contribution in [1.82, 2.24) is 4.90 Å². The number of amidine groups is 1. The first-order chi connectivity index (χ1) is 13.9. The Kier molecular flexibility index (Phi) is 5.50. The third kappa shape index (κ3) is 3.97. The highest BCUT2D eigenvalue weighted by Crippen LogP contribution is 2.35. The molecule has 2 saturated heterocycles. The second-order valence-electron chi connectivity index (χ2n) is 7.84. The van der Waals surface area contributed by atoms with Gasteiger partial charge in [-0.2, -0.15) is 0 Å². The number of carbonyl (C=O) groups is 1. The molecular weight excluding hydrogens is 378 g/mol. The minimum Gasteiger partial charge on any atom is -0.372 e. The molecule has 4 nitrogen and oxygen atoms in total. The molecule has 1 amide bonds. The van der Waals surface area contributed by atoms with E-state index in [1.165, 1.54) is 35.9 Å². The lowest BCUT2D eigenvalue weighted by Gasteiger charge is -2.18. The highest BCUT2D eigenvalue weighted by atomic mass is 32.2. The van der Waals surface area contributed by atoms with E-state index in [2.05, 4.69) is 56.0 Å². The van der Waals surface area contributed by atoms with Crippen molar-refractivity contribution in [3.05, 3.63) is 63.6 Å². The summed E-state index contributed by atoms with van der Waals surface area (Å²) < 4.78 is 0. The number of para-hydroxylation sites is 1. The molecule has 4 rings (SSSR count). The maximum Gasteiger partial charge on any atom is 0.266 e. The first-order valence-corrected chi connectivity index (χ1v) is 10.9. The summed E-state index contributed by atoms with van der Waals surface area (Å²) in [6.07, 6.45) is 4.54. The van der Waals surface area contributed by atoms with E-state index in [9.17, 15) is 4.79 Å². The molecule has 2 fully saturated rings. The molecule has 0 unspecified atom stereocenters. The number of aliphatic imine (C=N–C) groups is 1. The maximum absolute atomic E-state index is 12.8. The number of hydrogen-bond acceptors (Lipinski definition) is 4. The lowest BCUT2D eigenvalue weighted by Crippen LogP contribution is -2.23. The number of hydrogen-bond donors (Lipinski definition) is 0. The van der Waals surface area contributed by atoms with E-state index in [-0.39, 0.29) is 5.91 Å². The Balaban J connectivity index is 1.62. The van der Waals surface area contributed by atoms with Crippen LogP contribution in [-0.2, 0) is 4.79 Å². The fourth-order valence-corrected chi connectivity index (χ4v) is 4.83. The van der Waals surface area contributed by atoms with Crippen LogP contribution < -0.4 is 4.90 Å². The van der Waals surface area contributed by atoms with Gasteiger partial charge in [-0.1, -0.05) is 24.3 Å². The van der Waals surface area contributed by atoms with E-state index < -0.39 is 0 Å². The average molecular weight is 406 g/mol. The third-order valence-electron chi connectivity index (χ3n) is 5.66. The van der Waals surface area contributed by atoms with Crippen LogP contribution in [0.5, 0.6) is 0 Å². The van der Waals surface area contributed by atoms with Crippen LogP contribution in [0.2, 0.25) is 0 Å². The molecule has 2 heterocycles. The molecular formula is C24H27N3OS. The fourth-order valence-electron chi connectivity index (χ4n) is 3.86. The number of amides is 1. The van der Waals surface area contributed by atoms with Gasteiger partial charge in [-0.05, 0) is 85.8 Å². The van der Waals surface area contributed by atoms with Crippen molar-refractivity contribution in [1.29, 1.82) is 0 Å². The summed E-state index contributed by atoms with van der Waals surface area (Å²) in [5.74, 6) is 0.00278. The van der Waals surface area contributed by atoms with Crippen molar-refractivity contribution < 1.29 is 4.79 Å². The number of aryl methyl sites for hydroxylation is 3.